The topological polar surface area (TPSA) is 87.7 Å². The lowest BCUT2D eigenvalue weighted by atomic mass is 10.2. The van der Waals surface area contributed by atoms with E-state index in [1.165, 1.54) is 7.11 Å². The van der Waals surface area contributed by atoms with Gasteiger partial charge < -0.3 is 20.3 Å². The number of nitrogens with zero attached hydrogens (tertiary/aromatic N) is 1. The van der Waals surface area contributed by atoms with Crippen LogP contribution in [0.4, 0.5) is 17.1 Å². The molecule has 1 saturated heterocycles. The number of nitrogens with one attached hydrogen (secondary N) is 2. The Balaban J connectivity index is 1.72. The molecular weight excluding hydrogens is 382 g/mol. The molecule has 2 N–H and O–H groups in total. The van der Waals surface area contributed by atoms with Crippen LogP contribution < -0.4 is 20.3 Å². The zero-order valence-electron chi connectivity index (χ0n) is 15.5. The summed E-state index contributed by atoms with van der Waals surface area (Å²) in [7, 11) is 1.49. The van der Waals surface area contributed by atoms with Crippen LogP contribution in [0, 0.1) is 6.92 Å². The zero-order chi connectivity index (χ0) is 20.3. The van der Waals surface area contributed by atoms with Crippen molar-refractivity contribution in [1.29, 1.82) is 0 Å². The quantitative estimate of drug-likeness (QED) is 0.769. The van der Waals surface area contributed by atoms with E-state index in [1.54, 1.807) is 48.2 Å². The van der Waals surface area contributed by atoms with Crippen LogP contribution in [0.1, 0.15) is 18.4 Å². The van der Waals surface area contributed by atoms with Gasteiger partial charge in [0.25, 0.3) is 0 Å². The predicted molar refractivity (Wildman–Crippen MR) is 108 cm³/mol. The Bertz CT molecular complexity index is 945. The van der Waals surface area contributed by atoms with Crippen LogP contribution in [0.2, 0.25) is 5.02 Å². The van der Waals surface area contributed by atoms with E-state index in [-0.39, 0.29) is 5.91 Å². The van der Waals surface area contributed by atoms with Crippen molar-refractivity contribution in [2.24, 2.45) is 0 Å². The molecule has 7 nitrogen and oxygen atoms in total. The molecule has 0 aromatic heterocycles. The highest BCUT2D eigenvalue weighted by Crippen LogP contribution is 2.33. The van der Waals surface area contributed by atoms with Gasteiger partial charge in [-0.1, -0.05) is 17.7 Å². The Hall–Kier alpha value is -3.06. The van der Waals surface area contributed by atoms with Crippen LogP contribution in [0.15, 0.2) is 36.4 Å². The first-order chi connectivity index (χ1) is 13.4. The van der Waals surface area contributed by atoms with Crippen molar-refractivity contribution in [3.63, 3.8) is 0 Å². The van der Waals surface area contributed by atoms with E-state index < -0.39 is 11.8 Å². The Labute approximate surface area is 167 Å². The van der Waals surface area contributed by atoms with Gasteiger partial charge in [0.1, 0.15) is 5.75 Å². The predicted octanol–water partition coefficient (Wildman–Crippen LogP) is 3.36. The number of hydrogen-bond acceptors (Lipinski definition) is 4. The van der Waals surface area contributed by atoms with Crippen LogP contribution in [0.25, 0.3) is 0 Å². The number of ether oxygens (including phenoxy) is 1. The SMILES string of the molecule is COc1cc(NC(=O)C(=O)Nc2cc(Cl)ccc2C)ccc1N1CCCC1=O. The number of benzene rings is 2. The molecular formula is C20H20ClN3O4. The smallest absolute Gasteiger partial charge is 0.314 e. The van der Waals surface area contributed by atoms with Gasteiger partial charge in [-0.15, -0.1) is 0 Å². The Morgan fingerprint density at radius 2 is 1.86 bits per heavy atom. The lowest BCUT2D eigenvalue weighted by Gasteiger charge is -2.19. The number of rotatable bonds is 4. The Morgan fingerprint density at radius 3 is 2.54 bits per heavy atom. The van der Waals surface area contributed by atoms with Crippen LogP contribution >= 0.6 is 11.6 Å². The fraction of sp³-hybridized carbons (Fsp3) is 0.250. The van der Waals surface area contributed by atoms with E-state index in [0.717, 1.165) is 12.0 Å². The Kier molecular flexibility index (Phi) is 5.84. The molecule has 0 atom stereocenters. The van der Waals surface area contributed by atoms with E-state index in [2.05, 4.69) is 10.6 Å². The van der Waals surface area contributed by atoms with E-state index in [9.17, 15) is 14.4 Å². The summed E-state index contributed by atoms with van der Waals surface area (Å²) < 4.78 is 5.35. The molecule has 0 radical (unpaired) electrons. The molecule has 1 aliphatic heterocycles. The number of carbonyl (C=O) groups excluding carboxylic acids is 3. The van der Waals surface area contributed by atoms with Crippen molar-refractivity contribution in [1.82, 2.24) is 0 Å². The monoisotopic (exact) mass is 401 g/mol. The molecule has 1 aliphatic rings. The van der Waals surface area contributed by atoms with E-state index in [0.29, 0.717) is 40.8 Å². The van der Waals surface area contributed by atoms with Gasteiger partial charge in [-0.2, -0.15) is 0 Å². The van der Waals surface area contributed by atoms with Crippen LogP contribution in [-0.4, -0.2) is 31.4 Å². The summed E-state index contributed by atoms with van der Waals surface area (Å²) in [6.45, 7) is 2.43. The maximum absolute atomic E-state index is 12.2. The van der Waals surface area contributed by atoms with Crippen LogP contribution in [-0.2, 0) is 14.4 Å². The van der Waals surface area contributed by atoms with E-state index >= 15 is 0 Å². The molecule has 0 bridgehead atoms. The summed E-state index contributed by atoms with van der Waals surface area (Å²) in [6.07, 6.45) is 1.30. The number of amides is 3. The fourth-order valence-corrected chi connectivity index (χ4v) is 3.15. The molecule has 0 spiro atoms. The summed E-state index contributed by atoms with van der Waals surface area (Å²) in [4.78, 5) is 38.1. The average Bonchev–Trinajstić information content (AvgIpc) is 3.10. The standard InChI is InChI=1S/C20H20ClN3O4/c1-12-5-6-13(21)10-15(12)23-20(27)19(26)22-14-7-8-16(17(11-14)28-2)24-9-3-4-18(24)25/h5-8,10-11H,3-4,9H2,1-2H3,(H,22,26)(H,23,27). The third kappa shape index (κ3) is 4.26. The van der Waals surface area contributed by atoms with E-state index in [1.807, 2.05) is 0 Å². The second kappa shape index (κ2) is 8.31. The molecule has 28 heavy (non-hydrogen) atoms. The Morgan fingerprint density at radius 1 is 1.11 bits per heavy atom. The summed E-state index contributed by atoms with van der Waals surface area (Å²) >= 11 is 5.93. The zero-order valence-corrected chi connectivity index (χ0v) is 16.3. The van der Waals surface area contributed by atoms with Gasteiger partial charge in [-0.3, -0.25) is 14.4 Å². The number of methoxy groups -OCH3 is 1. The van der Waals surface area contributed by atoms with Crippen molar-refractivity contribution in [2.75, 3.05) is 29.2 Å². The number of aryl methyl sites for hydroxylation is 1. The average molecular weight is 402 g/mol. The summed E-state index contributed by atoms with van der Waals surface area (Å²) in [6, 6.07) is 9.92. The third-order valence-corrected chi connectivity index (χ3v) is 4.69. The minimum Gasteiger partial charge on any atom is -0.494 e. The van der Waals surface area contributed by atoms with Crippen molar-refractivity contribution in [2.45, 2.75) is 19.8 Å². The van der Waals surface area contributed by atoms with Crippen molar-refractivity contribution >= 4 is 46.4 Å². The minimum absolute atomic E-state index is 0.0337. The first-order valence-electron chi connectivity index (χ1n) is 8.76. The summed E-state index contributed by atoms with van der Waals surface area (Å²) in [5, 5.41) is 5.53. The normalized spacial score (nSPS) is 13.4. The highest BCUT2D eigenvalue weighted by Gasteiger charge is 2.25. The number of carbonyl (C=O) groups is 3. The molecule has 0 aliphatic carbocycles. The van der Waals surface area contributed by atoms with Crippen LogP contribution in [0.3, 0.4) is 0 Å². The molecule has 1 fully saturated rings. The van der Waals surface area contributed by atoms with Crippen molar-refractivity contribution < 1.29 is 19.1 Å². The number of halogens is 1. The number of anilines is 3. The summed E-state index contributed by atoms with van der Waals surface area (Å²) in [5.41, 5.74) is 2.28. The molecule has 2 aromatic rings. The largest absolute Gasteiger partial charge is 0.494 e. The third-order valence-electron chi connectivity index (χ3n) is 4.46. The molecule has 0 saturated carbocycles. The molecule has 3 rings (SSSR count). The van der Waals surface area contributed by atoms with Gasteiger partial charge in [-0.25, -0.2) is 0 Å². The second-order valence-corrected chi connectivity index (χ2v) is 6.84. The molecule has 2 aromatic carbocycles. The van der Waals surface area contributed by atoms with Gasteiger partial charge in [-0.05, 0) is 43.2 Å². The maximum Gasteiger partial charge on any atom is 0.314 e. The lowest BCUT2D eigenvalue weighted by molar-refractivity contribution is -0.133. The highest BCUT2D eigenvalue weighted by atomic mass is 35.5. The first kappa shape index (κ1) is 19.7. The highest BCUT2D eigenvalue weighted by molar-refractivity contribution is 6.44. The maximum atomic E-state index is 12.2. The molecule has 0 unspecified atom stereocenters. The van der Waals surface area contributed by atoms with Gasteiger partial charge >= 0.3 is 11.8 Å². The van der Waals surface area contributed by atoms with Crippen molar-refractivity contribution in [3.8, 4) is 5.75 Å². The molecule has 1 heterocycles. The summed E-state index contributed by atoms with van der Waals surface area (Å²) in [5.74, 6) is -1.17. The van der Waals surface area contributed by atoms with Crippen molar-refractivity contribution in [3.05, 3.63) is 47.0 Å². The van der Waals surface area contributed by atoms with Crippen LogP contribution in [0.5, 0.6) is 5.75 Å². The molecule has 3 amide bonds. The fourth-order valence-electron chi connectivity index (χ4n) is 2.98. The lowest BCUT2D eigenvalue weighted by Crippen LogP contribution is -2.29. The molecule has 146 valence electrons. The van der Waals surface area contributed by atoms with Gasteiger partial charge in [0.05, 0.1) is 12.8 Å². The second-order valence-electron chi connectivity index (χ2n) is 6.40. The van der Waals surface area contributed by atoms with E-state index in [4.69, 9.17) is 16.3 Å². The molecule has 8 heteroatoms. The van der Waals surface area contributed by atoms with Gasteiger partial charge in [0.15, 0.2) is 0 Å². The van der Waals surface area contributed by atoms with Gasteiger partial charge in [0.2, 0.25) is 5.91 Å². The number of hydrogen-bond donors (Lipinski definition) is 2. The van der Waals surface area contributed by atoms with Gasteiger partial charge in [0, 0.05) is 35.4 Å². The minimum atomic E-state index is -0.827. The first-order valence-corrected chi connectivity index (χ1v) is 9.13.